The first-order chi connectivity index (χ1) is 8.25. The number of hydrogen-bond acceptors (Lipinski definition) is 4. The van der Waals surface area contributed by atoms with E-state index in [2.05, 4.69) is 15.3 Å². The predicted octanol–water partition coefficient (Wildman–Crippen LogP) is 2.15. The van der Waals surface area contributed by atoms with Crippen molar-refractivity contribution in [3.05, 3.63) is 47.9 Å². The SMILES string of the molecule is Cc1nccnc1NCCc1ccc(O)cc1. The molecule has 0 aliphatic carbocycles. The van der Waals surface area contributed by atoms with Gasteiger partial charge >= 0.3 is 0 Å². The molecule has 4 heteroatoms. The number of aryl methyl sites for hydroxylation is 1. The fourth-order valence-corrected chi connectivity index (χ4v) is 1.57. The van der Waals surface area contributed by atoms with Crippen LogP contribution in [0.1, 0.15) is 11.3 Å². The van der Waals surface area contributed by atoms with Gasteiger partial charge in [0.05, 0.1) is 5.69 Å². The number of phenols is 1. The zero-order valence-corrected chi connectivity index (χ0v) is 9.72. The number of hydrogen-bond donors (Lipinski definition) is 2. The fourth-order valence-electron chi connectivity index (χ4n) is 1.57. The topological polar surface area (TPSA) is 58.0 Å². The molecule has 1 aromatic carbocycles. The van der Waals surface area contributed by atoms with E-state index in [0.717, 1.165) is 24.5 Å². The van der Waals surface area contributed by atoms with Crippen LogP contribution in [0.5, 0.6) is 5.75 Å². The molecule has 17 heavy (non-hydrogen) atoms. The smallest absolute Gasteiger partial charge is 0.147 e. The van der Waals surface area contributed by atoms with Crippen molar-refractivity contribution in [1.29, 1.82) is 0 Å². The standard InChI is InChI=1S/C13H15N3O/c1-10-13(16-9-8-14-10)15-7-6-11-2-4-12(17)5-3-11/h2-5,8-9,17H,6-7H2,1H3,(H,15,16). The molecular formula is C13H15N3O. The third kappa shape index (κ3) is 3.17. The van der Waals surface area contributed by atoms with E-state index in [1.54, 1.807) is 24.5 Å². The molecule has 0 aliphatic heterocycles. The molecule has 2 aromatic rings. The molecule has 0 saturated heterocycles. The second-order valence-corrected chi connectivity index (χ2v) is 3.83. The summed E-state index contributed by atoms with van der Waals surface area (Å²) in [7, 11) is 0. The second kappa shape index (κ2) is 5.30. The van der Waals surface area contributed by atoms with Gasteiger partial charge in [0.25, 0.3) is 0 Å². The highest BCUT2D eigenvalue weighted by Crippen LogP contribution is 2.11. The van der Waals surface area contributed by atoms with Gasteiger partial charge in [-0.05, 0) is 31.0 Å². The Morgan fingerprint density at radius 1 is 1.12 bits per heavy atom. The van der Waals surface area contributed by atoms with Gasteiger partial charge in [0, 0.05) is 18.9 Å². The number of aromatic hydroxyl groups is 1. The van der Waals surface area contributed by atoms with Crippen LogP contribution in [0, 0.1) is 6.92 Å². The molecule has 0 spiro atoms. The molecule has 2 rings (SSSR count). The van der Waals surface area contributed by atoms with Crippen molar-refractivity contribution in [1.82, 2.24) is 9.97 Å². The zero-order chi connectivity index (χ0) is 12.1. The van der Waals surface area contributed by atoms with Gasteiger partial charge in [-0.15, -0.1) is 0 Å². The number of aromatic nitrogens is 2. The summed E-state index contributed by atoms with van der Waals surface area (Å²) in [6.07, 6.45) is 4.24. The normalized spacial score (nSPS) is 10.2. The van der Waals surface area contributed by atoms with Crippen LogP contribution in [0.4, 0.5) is 5.82 Å². The lowest BCUT2D eigenvalue weighted by molar-refractivity contribution is 0.475. The Labute approximate surface area is 100 Å². The van der Waals surface area contributed by atoms with Crippen LogP contribution in [-0.2, 0) is 6.42 Å². The number of anilines is 1. The largest absolute Gasteiger partial charge is 0.508 e. The number of rotatable bonds is 4. The third-order valence-electron chi connectivity index (χ3n) is 2.52. The first-order valence-corrected chi connectivity index (χ1v) is 5.55. The van der Waals surface area contributed by atoms with Crippen molar-refractivity contribution in [3.8, 4) is 5.75 Å². The highest BCUT2D eigenvalue weighted by molar-refractivity contribution is 5.38. The molecule has 0 unspecified atom stereocenters. The van der Waals surface area contributed by atoms with E-state index >= 15 is 0 Å². The maximum absolute atomic E-state index is 9.16. The average molecular weight is 229 g/mol. The van der Waals surface area contributed by atoms with Crippen molar-refractivity contribution in [2.24, 2.45) is 0 Å². The highest BCUT2D eigenvalue weighted by Gasteiger charge is 1.99. The quantitative estimate of drug-likeness (QED) is 0.843. The van der Waals surface area contributed by atoms with Crippen molar-refractivity contribution in [2.75, 3.05) is 11.9 Å². The Morgan fingerprint density at radius 3 is 2.53 bits per heavy atom. The predicted molar refractivity (Wildman–Crippen MR) is 67.1 cm³/mol. The Bertz CT molecular complexity index is 482. The molecule has 2 N–H and O–H groups in total. The summed E-state index contributed by atoms with van der Waals surface area (Å²) in [6.45, 7) is 2.72. The van der Waals surface area contributed by atoms with Gasteiger partial charge in [0.2, 0.25) is 0 Å². The van der Waals surface area contributed by atoms with Crippen LogP contribution in [0.2, 0.25) is 0 Å². The van der Waals surface area contributed by atoms with E-state index in [4.69, 9.17) is 5.11 Å². The maximum atomic E-state index is 9.16. The maximum Gasteiger partial charge on any atom is 0.147 e. The summed E-state index contributed by atoms with van der Waals surface area (Å²) in [5.41, 5.74) is 2.08. The summed E-state index contributed by atoms with van der Waals surface area (Å²) in [4.78, 5) is 8.37. The van der Waals surface area contributed by atoms with Crippen LogP contribution >= 0.6 is 0 Å². The van der Waals surface area contributed by atoms with Crippen LogP contribution in [0.3, 0.4) is 0 Å². The Morgan fingerprint density at radius 2 is 1.82 bits per heavy atom. The van der Waals surface area contributed by atoms with E-state index in [1.807, 2.05) is 19.1 Å². The summed E-state index contributed by atoms with van der Waals surface area (Å²) in [5.74, 6) is 1.12. The average Bonchev–Trinajstić information content (AvgIpc) is 2.34. The number of phenolic OH excluding ortho intramolecular Hbond substituents is 1. The highest BCUT2D eigenvalue weighted by atomic mass is 16.3. The van der Waals surface area contributed by atoms with Crippen molar-refractivity contribution < 1.29 is 5.11 Å². The molecule has 0 bridgehead atoms. The molecule has 0 fully saturated rings. The molecule has 1 heterocycles. The lowest BCUT2D eigenvalue weighted by Crippen LogP contribution is -2.08. The van der Waals surface area contributed by atoms with Gasteiger partial charge in [0.15, 0.2) is 0 Å². The van der Waals surface area contributed by atoms with E-state index in [-0.39, 0.29) is 0 Å². The minimum atomic E-state index is 0.298. The number of nitrogens with one attached hydrogen (secondary N) is 1. The number of benzene rings is 1. The van der Waals surface area contributed by atoms with Crippen LogP contribution < -0.4 is 5.32 Å². The van der Waals surface area contributed by atoms with E-state index in [0.29, 0.717) is 5.75 Å². The minimum Gasteiger partial charge on any atom is -0.508 e. The summed E-state index contributed by atoms with van der Waals surface area (Å²) >= 11 is 0. The Hall–Kier alpha value is -2.10. The molecule has 0 aliphatic rings. The van der Waals surface area contributed by atoms with E-state index in [1.165, 1.54) is 5.56 Å². The Kier molecular flexibility index (Phi) is 3.55. The van der Waals surface area contributed by atoms with Gasteiger partial charge in [-0.25, -0.2) is 4.98 Å². The van der Waals surface area contributed by atoms with Gasteiger partial charge in [0.1, 0.15) is 11.6 Å². The van der Waals surface area contributed by atoms with Crippen LogP contribution in [0.15, 0.2) is 36.7 Å². The van der Waals surface area contributed by atoms with Crippen molar-refractivity contribution in [2.45, 2.75) is 13.3 Å². The molecule has 0 atom stereocenters. The minimum absolute atomic E-state index is 0.298. The van der Waals surface area contributed by atoms with Gasteiger partial charge in [-0.3, -0.25) is 4.98 Å². The lowest BCUT2D eigenvalue weighted by atomic mass is 10.1. The second-order valence-electron chi connectivity index (χ2n) is 3.83. The van der Waals surface area contributed by atoms with Gasteiger partial charge in [-0.2, -0.15) is 0 Å². The number of nitrogens with zero attached hydrogens (tertiary/aromatic N) is 2. The molecule has 88 valence electrons. The first-order valence-electron chi connectivity index (χ1n) is 5.55. The Balaban J connectivity index is 1.88. The lowest BCUT2D eigenvalue weighted by Gasteiger charge is -2.07. The van der Waals surface area contributed by atoms with Crippen LogP contribution in [0.25, 0.3) is 0 Å². The van der Waals surface area contributed by atoms with Gasteiger partial charge < -0.3 is 10.4 Å². The summed E-state index contributed by atoms with van der Waals surface area (Å²) < 4.78 is 0. The van der Waals surface area contributed by atoms with E-state index in [9.17, 15) is 0 Å². The first kappa shape index (κ1) is 11.4. The molecule has 0 saturated carbocycles. The molecule has 0 radical (unpaired) electrons. The molecule has 0 amide bonds. The summed E-state index contributed by atoms with van der Waals surface area (Å²) in [5, 5.41) is 12.4. The van der Waals surface area contributed by atoms with E-state index < -0.39 is 0 Å². The van der Waals surface area contributed by atoms with Crippen LogP contribution in [-0.4, -0.2) is 21.6 Å². The zero-order valence-electron chi connectivity index (χ0n) is 9.72. The van der Waals surface area contributed by atoms with Crippen molar-refractivity contribution >= 4 is 5.82 Å². The third-order valence-corrected chi connectivity index (χ3v) is 2.52. The molecule has 1 aromatic heterocycles. The molecule has 4 nitrogen and oxygen atoms in total. The summed E-state index contributed by atoms with van der Waals surface area (Å²) in [6, 6.07) is 7.23. The van der Waals surface area contributed by atoms with Gasteiger partial charge in [-0.1, -0.05) is 12.1 Å². The monoisotopic (exact) mass is 229 g/mol. The van der Waals surface area contributed by atoms with Crippen molar-refractivity contribution in [3.63, 3.8) is 0 Å². The molecular weight excluding hydrogens is 214 g/mol. The fraction of sp³-hybridized carbons (Fsp3) is 0.231.